The second-order valence-electron chi connectivity index (χ2n) is 7.76. The van der Waals surface area contributed by atoms with Crippen molar-refractivity contribution in [3.05, 3.63) is 41.7 Å². The molecular weight excluding hydrogens is 403 g/mol. The van der Waals surface area contributed by atoms with Crippen molar-refractivity contribution >= 4 is 11.4 Å². The zero-order chi connectivity index (χ0) is 23.2. The fourth-order valence-corrected chi connectivity index (χ4v) is 3.17. The van der Waals surface area contributed by atoms with Gasteiger partial charge in [0.2, 0.25) is 0 Å². The highest BCUT2D eigenvalue weighted by Crippen LogP contribution is 2.32. The molecule has 0 amide bonds. The monoisotopic (exact) mass is 435 g/mol. The number of aromatic nitrogens is 2. The van der Waals surface area contributed by atoms with Gasteiger partial charge < -0.3 is 9.64 Å². The highest BCUT2D eigenvalue weighted by Gasteiger charge is 2.31. The van der Waals surface area contributed by atoms with E-state index in [0.29, 0.717) is 17.4 Å². The van der Waals surface area contributed by atoms with Crippen LogP contribution in [0.2, 0.25) is 0 Å². The van der Waals surface area contributed by atoms with E-state index in [1.807, 2.05) is 25.8 Å². The molecule has 1 aromatic heterocycles. The van der Waals surface area contributed by atoms with Gasteiger partial charge in [-0.3, -0.25) is 0 Å². The maximum Gasteiger partial charge on any atom is 0.573 e. The Morgan fingerprint density at radius 3 is 2.29 bits per heavy atom. The molecule has 1 unspecified atom stereocenters. The average molecular weight is 436 g/mol. The van der Waals surface area contributed by atoms with Crippen LogP contribution in [0.4, 0.5) is 19.0 Å². The van der Waals surface area contributed by atoms with Gasteiger partial charge in [0.25, 0.3) is 0 Å². The first-order chi connectivity index (χ1) is 14.6. The van der Waals surface area contributed by atoms with Crippen LogP contribution in [0, 0.1) is 12.8 Å². The van der Waals surface area contributed by atoms with Crippen molar-refractivity contribution in [2.45, 2.75) is 60.2 Å². The Bertz CT molecular complexity index is 892. The number of alkyl halides is 3. The third kappa shape index (κ3) is 6.71. The van der Waals surface area contributed by atoms with Crippen molar-refractivity contribution in [1.82, 2.24) is 9.97 Å². The van der Waals surface area contributed by atoms with Crippen molar-refractivity contribution in [2.24, 2.45) is 5.92 Å². The fraction of sp³-hybridized carbons (Fsp3) is 0.500. The SMILES string of the molecule is CC/C(=C\CC(C)CC)c1nc(-c2ccc(OC(F)(F)F)cc2)c(C)c(N(C)CC)n1. The lowest BCUT2D eigenvalue weighted by molar-refractivity contribution is -0.274. The molecule has 170 valence electrons. The van der Waals surface area contributed by atoms with Crippen molar-refractivity contribution < 1.29 is 17.9 Å². The van der Waals surface area contributed by atoms with E-state index in [9.17, 15) is 13.2 Å². The highest BCUT2D eigenvalue weighted by molar-refractivity contribution is 5.72. The number of hydrogen-bond acceptors (Lipinski definition) is 4. The summed E-state index contributed by atoms with van der Waals surface area (Å²) < 4.78 is 41.5. The van der Waals surface area contributed by atoms with Gasteiger partial charge in [0, 0.05) is 24.7 Å². The van der Waals surface area contributed by atoms with Gasteiger partial charge >= 0.3 is 6.36 Å². The number of allylic oxidation sites excluding steroid dienone is 2. The van der Waals surface area contributed by atoms with E-state index < -0.39 is 6.36 Å². The third-order valence-corrected chi connectivity index (χ3v) is 5.45. The van der Waals surface area contributed by atoms with Crippen molar-refractivity contribution in [3.8, 4) is 17.0 Å². The molecule has 0 aliphatic heterocycles. The Morgan fingerprint density at radius 1 is 1.13 bits per heavy atom. The van der Waals surface area contributed by atoms with Gasteiger partial charge in [0.15, 0.2) is 5.82 Å². The van der Waals surface area contributed by atoms with E-state index >= 15 is 0 Å². The molecule has 0 bridgehead atoms. The summed E-state index contributed by atoms with van der Waals surface area (Å²) in [7, 11) is 1.97. The van der Waals surface area contributed by atoms with Gasteiger partial charge in [-0.1, -0.05) is 33.3 Å². The predicted molar refractivity (Wildman–Crippen MR) is 120 cm³/mol. The zero-order valence-corrected chi connectivity index (χ0v) is 19.2. The molecule has 31 heavy (non-hydrogen) atoms. The van der Waals surface area contributed by atoms with Gasteiger partial charge in [-0.15, -0.1) is 13.2 Å². The Hall–Kier alpha value is -2.57. The quantitative estimate of drug-likeness (QED) is 0.423. The van der Waals surface area contributed by atoms with Gasteiger partial charge in [-0.05, 0) is 62.4 Å². The Balaban J connectivity index is 2.55. The number of anilines is 1. The summed E-state index contributed by atoms with van der Waals surface area (Å²) in [6.45, 7) is 11.2. The first kappa shape index (κ1) is 24.7. The van der Waals surface area contributed by atoms with Gasteiger partial charge in [0.05, 0.1) is 5.69 Å². The minimum atomic E-state index is -4.72. The molecular formula is C24H32F3N3O. The van der Waals surface area contributed by atoms with Crippen molar-refractivity contribution in [2.75, 3.05) is 18.5 Å². The lowest BCUT2D eigenvalue weighted by Crippen LogP contribution is -2.20. The van der Waals surface area contributed by atoms with Crippen LogP contribution in [0.25, 0.3) is 16.8 Å². The molecule has 1 heterocycles. The molecule has 0 saturated carbocycles. The van der Waals surface area contributed by atoms with Gasteiger partial charge in [0.1, 0.15) is 11.6 Å². The summed E-state index contributed by atoms with van der Waals surface area (Å²) >= 11 is 0. The number of rotatable bonds is 9. The largest absolute Gasteiger partial charge is 0.573 e. The van der Waals surface area contributed by atoms with E-state index in [1.165, 1.54) is 12.1 Å². The number of hydrogen-bond donors (Lipinski definition) is 0. The molecule has 2 rings (SSSR count). The first-order valence-corrected chi connectivity index (χ1v) is 10.7. The van der Waals surface area contributed by atoms with Gasteiger partial charge in [-0.25, -0.2) is 9.97 Å². The molecule has 0 radical (unpaired) electrons. The number of halogens is 3. The second kappa shape index (κ2) is 10.6. The van der Waals surface area contributed by atoms with Crippen LogP contribution in [0.15, 0.2) is 30.3 Å². The molecule has 7 heteroatoms. The molecule has 0 saturated heterocycles. The first-order valence-electron chi connectivity index (χ1n) is 10.7. The molecule has 0 fully saturated rings. The second-order valence-corrected chi connectivity index (χ2v) is 7.76. The Kier molecular flexibility index (Phi) is 8.48. The Morgan fingerprint density at radius 2 is 1.77 bits per heavy atom. The normalized spacial score (nSPS) is 13.3. The molecule has 1 aromatic carbocycles. The number of nitrogens with zero attached hydrogens (tertiary/aromatic N) is 3. The molecule has 0 N–H and O–H groups in total. The molecule has 1 atom stereocenters. The maximum absolute atomic E-state index is 12.5. The lowest BCUT2D eigenvalue weighted by atomic mass is 10.0. The van der Waals surface area contributed by atoms with Crippen LogP contribution in [0.3, 0.4) is 0 Å². The molecule has 0 aliphatic carbocycles. The number of ether oxygens (including phenoxy) is 1. The van der Waals surface area contributed by atoms with E-state index in [2.05, 4.69) is 31.6 Å². The van der Waals surface area contributed by atoms with Crippen molar-refractivity contribution in [1.29, 1.82) is 0 Å². The minimum Gasteiger partial charge on any atom is -0.406 e. The van der Waals surface area contributed by atoms with Crippen LogP contribution < -0.4 is 9.64 Å². The highest BCUT2D eigenvalue weighted by atomic mass is 19.4. The molecule has 4 nitrogen and oxygen atoms in total. The average Bonchev–Trinajstić information content (AvgIpc) is 2.73. The van der Waals surface area contributed by atoms with Crippen LogP contribution in [0.5, 0.6) is 5.75 Å². The lowest BCUT2D eigenvalue weighted by Gasteiger charge is -2.21. The van der Waals surface area contributed by atoms with Crippen LogP contribution in [-0.2, 0) is 0 Å². The van der Waals surface area contributed by atoms with E-state index in [4.69, 9.17) is 9.97 Å². The van der Waals surface area contributed by atoms with E-state index in [-0.39, 0.29) is 5.75 Å². The summed E-state index contributed by atoms with van der Waals surface area (Å²) in [5, 5.41) is 0. The third-order valence-electron chi connectivity index (χ3n) is 5.45. The maximum atomic E-state index is 12.5. The fourth-order valence-electron chi connectivity index (χ4n) is 3.17. The minimum absolute atomic E-state index is 0.253. The van der Waals surface area contributed by atoms with Crippen LogP contribution in [0.1, 0.15) is 58.3 Å². The zero-order valence-electron chi connectivity index (χ0n) is 19.2. The summed E-state index contributed by atoms with van der Waals surface area (Å²) in [6, 6.07) is 5.83. The van der Waals surface area contributed by atoms with E-state index in [0.717, 1.165) is 48.3 Å². The number of benzene rings is 1. The summed E-state index contributed by atoms with van der Waals surface area (Å²) in [5.41, 5.74) is 3.39. The molecule has 2 aromatic rings. The van der Waals surface area contributed by atoms with Crippen LogP contribution >= 0.6 is 0 Å². The molecule has 0 aliphatic rings. The van der Waals surface area contributed by atoms with E-state index in [1.54, 1.807) is 12.1 Å². The van der Waals surface area contributed by atoms with Crippen molar-refractivity contribution in [3.63, 3.8) is 0 Å². The summed E-state index contributed by atoms with van der Waals surface area (Å²) in [4.78, 5) is 11.7. The summed E-state index contributed by atoms with van der Waals surface area (Å²) in [5.74, 6) is 1.81. The van der Waals surface area contributed by atoms with Crippen LogP contribution in [-0.4, -0.2) is 29.9 Å². The molecule has 0 spiro atoms. The summed E-state index contributed by atoms with van der Waals surface area (Å²) in [6.07, 6.45) is 0.344. The Labute approximate surface area is 183 Å². The topological polar surface area (TPSA) is 38.2 Å². The van der Waals surface area contributed by atoms with Gasteiger partial charge in [-0.2, -0.15) is 0 Å². The predicted octanol–water partition coefficient (Wildman–Crippen LogP) is 7.04. The standard InChI is InChI=1S/C24H32F3N3O/c1-7-16(4)10-11-18(8-2)22-28-21(17(5)23(29-22)30(6)9-3)19-12-14-20(15-13-19)31-24(25,26)27/h11-16H,7-10H2,1-6H3/b18-11+. The smallest absolute Gasteiger partial charge is 0.406 e.